The van der Waals surface area contributed by atoms with Crippen LogP contribution in [0.15, 0.2) is 10.8 Å². The molecule has 1 aromatic heterocycles. The van der Waals surface area contributed by atoms with Crippen molar-refractivity contribution in [2.45, 2.75) is 26.2 Å². The van der Waals surface area contributed by atoms with E-state index in [9.17, 15) is 4.79 Å². The van der Waals surface area contributed by atoms with Crippen LogP contribution >= 0.6 is 0 Å². The minimum atomic E-state index is -0.379. The molecule has 2 rings (SSSR count). The lowest BCUT2D eigenvalue weighted by molar-refractivity contribution is 0.0517. The third-order valence-corrected chi connectivity index (χ3v) is 2.51. The quantitative estimate of drug-likeness (QED) is 0.692. The Kier molecular flexibility index (Phi) is 2.27. The zero-order valence-corrected chi connectivity index (χ0v) is 8.32. The van der Waals surface area contributed by atoms with Crippen molar-refractivity contribution in [3.63, 3.8) is 0 Å². The lowest BCUT2D eigenvalue weighted by atomic mass is 10.2. The van der Waals surface area contributed by atoms with E-state index in [-0.39, 0.29) is 5.97 Å². The first-order valence-corrected chi connectivity index (χ1v) is 4.84. The van der Waals surface area contributed by atoms with Gasteiger partial charge in [0, 0.05) is 5.92 Å². The number of carbonyl (C=O) groups is 1. The Morgan fingerprint density at radius 3 is 3.07 bits per heavy atom. The van der Waals surface area contributed by atoms with Crippen molar-refractivity contribution >= 4 is 5.97 Å². The molecule has 1 aliphatic rings. The Labute approximate surface area is 82.3 Å². The maximum Gasteiger partial charge on any atom is 0.360 e. The van der Waals surface area contributed by atoms with E-state index in [1.165, 1.54) is 6.39 Å². The van der Waals surface area contributed by atoms with Gasteiger partial charge in [-0.2, -0.15) is 0 Å². The molecule has 4 nitrogen and oxygen atoms in total. The number of oxazole rings is 1. The third-order valence-electron chi connectivity index (χ3n) is 2.51. The molecule has 2 unspecified atom stereocenters. The van der Waals surface area contributed by atoms with Crippen molar-refractivity contribution in [2.24, 2.45) is 5.92 Å². The van der Waals surface area contributed by atoms with E-state index in [0.29, 0.717) is 29.9 Å². The number of ether oxygens (including phenoxy) is 1. The molecule has 1 saturated carbocycles. The van der Waals surface area contributed by atoms with Gasteiger partial charge in [-0.1, -0.05) is 6.92 Å². The summed E-state index contributed by atoms with van der Waals surface area (Å²) >= 11 is 0. The number of hydrogen-bond acceptors (Lipinski definition) is 4. The summed E-state index contributed by atoms with van der Waals surface area (Å²) in [6.45, 7) is 4.27. The van der Waals surface area contributed by atoms with Gasteiger partial charge in [0.15, 0.2) is 12.1 Å². The van der Waals surface area contributed by atoms with Gasteiger partial charge < -0.3 is 9.15 Å². The maximum atomic E-state index is 11.4. The standard InChI is InChI=1S/C10H13NO3/c1-3-13-10(12)8-9(14-5-11-8)7-4-6(7)2/h5-7H,3-4H2,1-2H3. The van der Waals surface area contributed by atoms with Crippen LogP contribution < -0.4 is 0 Å². The fourth-order valence-electron chi connectivity index (χ4n) is 1.56. The summed E-state index contributed by atoms with van der Waals surface area (Å²) in [7, 11) is 0. The fourth-order valence-corrected chi connectivity index (χ4v) is 1.56. The molecular formula is C10H13NO3. The van der Waals surface area contributed by atoms with Crippen molar-refractivity contribution in [3.8, 4) is 0 Å². The normalized spacial score (nSPS) is 24.7. The van der Waals surface area contributed by atoms with Gasteiger partial charge in [0.05, 0.1) is 6.61 Å². The SMILES string of the molecule is CCOC(=O)c1ncoc1C1CC1C. The molecular weight excluding hydrogens is 182 g/mol. The van der Waals surface area contributed by atoms with Crippen LogP contribution in [0.25, 0.3) is 0 Å². The van der Waals surface area contributed by atoms with Gasteiger partial charge in [-0.15, -0.1) is 0 Å². The Morgan fingerprint density at radius 1 is 1.79 bits per heavy atom. The molecule has 0 N–H and O–H groups in total. The predicted octanol–water partition coefficient (Wildman–Crippen LogP) is 1.97. The van der Waals surface area contributed by atoms with E-state index < -0.39 is 0 Å². The van der Waals surface area contributed by atoms with Crippen molar-refractivity contribution in [1.82, 2.24) is 4.98 Å². The van der Waals surface area contributed by atoms with Crippen LogP contribution in [-0.4, -0.2) is 17.6 Å². The molecule has 4 heteroatoms. The van der Waals surface area contributed by atoms with E-state index in [1.807, 2.05) is 0 Å². The second kappa shape index (κ2) is 3.44. The average Bonchev–Trinajstić information content (AvgIpc) is 2.70. The topological polar surface area (TPSA) is 52.3 Å². The van der Waals surface area contributed by atoms with Crippen molar-refractivity contribution in [3.05, 3.63) is 17.8 Å². The molecule has 14 heavy (non-hydrogen) atoms. The molecule has 1 aromatic rings. The predicted molar refractivity (Wildman–Crippen MR) is 49.0 cm³/mol. The van der Waals surface area contributed by atoms with Crippen LogP contribution in [0.5, 0.6) is 0 Å². The molecule has 0 aliphatic heterocycles. The zero-order chi connectivity index (χ0) is 10.1. The van der Waals surface area contributed by atoms with Crippen LogP contribution in [0, 0.1) is 5.92 Å². The smallest absolute Gasteiger partial charge is 0.360 e. The fraction of sp³-hybridized carbons (Fsp3) is 0.600. The number of rotatable bonds is 3. The lowest BCUT2D eigenvalue weighted by Gasteiger charge is -1.99. The molecule has 1 heterocycles. The largest absolute Gasteiger partial charge is 0.461 e. The van der Waals surface area contributed by atoms with Gasteiger partial charge in [0.1, 0.15) is 5.76 Å². The molecule has 0 spiro atoms. The highest BCUT2D eigenvalue weighted by Gasteiger charge is 2.40. The maximum absolute atomic E-state index is 11.4. The van der Waals surface area contributed by atoms with Crippen molar-refractivity contribution < 1.29 is 13.9 Å². The molecule has 76 valence electrons. The number of esters is 1. The van der Waals surface area contributed by atoms with Crippen LogP contribution in [0.2, 0.25) is 0 Å². The number of carbonyl (C=O) groups excluding carboxylic acids is 1. The molecule has 1 aliphatic carbocycles. The summed E-state index contributed by atoms with van der Waals surface area (Å²) < 4.78 is 10.1. The van der Waals surface area contributed by atoms with Crippen molar-refractivity contribution in [1.29, 1.82) is 0 Å². The third kappa shape index (κ3) is 1.52. The van der Waals surface area contributed by atoms with E-state index in [2.05, 4.69) is 11.9 Å². The number of hydrogen-bond donors (Lipinski definition) is 0. The van der Waals surface area contributed by atoms with Crippen LogP contribution in [0.1, 0.15) is 42.4 Å². The summed E-state index contributed by atoms with van der Waals surface area (Å²) in [5, 5.41) is 0. The van der Waals surface area contributed by atoms with Crippen LogP contribution in [0.3, 0.4) is 0 Å². The van der Waals surface area contributed by atoms with E-state index >= 15 is 0 Å². The number of aromatic nitrogens is 1. The summed E-state index contributed by atoms with van der Waals surface area (Å²) in [5.41, 5.74) is 0.348. The average molecular weight is 195 g/mol. The monoisotopic (exact) mass is 195 g/mol. The van der Waals surface area contributed by atoms with Crippen LogP contribution in [0.4, 0.5) is 0 Å². The summed E-state index contributed by atoms with van der Waals surface area (Å²) in [5.74, 6) is 1.26. The molecule has 0 radical (unpaired) electrons. The van der Waals surface area contributed by atoms with Crippen LogP contribution in [-0.2, 0) is 4.74 Å². The van der Waals surface area contributed by atoms with Gasteiger partial charge in [-0.3, -0.25) is 0 Å². The molecule has 1 fully saturated rings. The Balaban J connectivity index is 2.17. The van der Waals surface area contributed by atoms with Gasteiger partial charge in [-0.25, -0.2) is 9.78 Å². The molecule has 0 amide bonds. The molecule has 0 saturated heterocycles. The molecule has 0 aromatic carbocycles. The van der Waals surface area contributed by atoms with E-state index in [1.54, 1.807) is 6.92 Å². The molecule has 0 bridgehead atoms. The summed E-state index contributed by atoms with van der Waals surface area (Å²) in [6, 6.07) is 0. The van der Waals surface area contributed by atoms with E-state index in [0.717, 1.165) is 6.42 Å². The summed E-state index contributed by atoms with van der Waals surface area (Å²) in [6.07, 6.45) is 2.38. The minimum Gasteiger partial charge on any atom is -0.461 e. The van der Waals surface area contributed by atoms with Gasteiger partial charge >= 0.3 is 5.97 Å². The second-order valence-electron chi connectivity index (χ2n) is 3.61. The first kappa shape index (κ1) is 9.24. The lowest BCUT2D eigenvalue weighted by Crippen LogP contribution is -2.07. The highest BCUT2D eigenvalue weighted by atomic mass is 16.5. The first-order chi connectivity index (χ1) is 6.74. The number of nitrogens with zero attached hydrogens (tertiary/aromatic N) is 1. The van der Waals surface area contributed by atoms with Gasteiger partial charge in [0.2, 0.25) is 0 Å². The van der Waals surface area contributed by atoms with Crippen molar-refractivity contribution in [2.75, 3.05) is 6.61 Å². The minimum absolute atomic E-state index is 0.348. The van der Waals surface area contributed by atoms with Gasteiger partial charge in [-0.05, 0) is 19.3 Å². The zero-order valence-electron chi connectivity index (χ0n) is 8.32. The second-order valence-corrected chi connectivity index (χ2v) is 3.61. The van der Waals surface area contributed by atoms with E-state index in [4.69, 9.17) is 9.15 Å². The Hall–Kier alpha value is -1.32. The Bertz CT molecular complexity index is 345. The highest BCUT2D eigenvalue weighted by Crippen LogP contribution is 2.47. The Morgan fingerprint density at radius 2 is 2.50 bits per heavy atom. The summed E-state index contributed by atoms with van der Waals surface area (Å²) in [4.78, 5) is 15.3. The first-order valence-electron chi connectivity index (χ1n) is 4.84. The molecule has 2 atom stereocenters. The highest BCUT2D eigenvalue weighted by molar-refractivity contribution is 5.88. The van der Waals surface area contributed by atoms with Gasteiger partial charge in [0.25, 0.3) is 0 Å².